The third-order valence-corrected chi connectivity index (χ3v) is 6.09. The number of hydrogen-bond donors (Lipinski definition) is 0. The minimum Gasteiger partial charge on any atom is -0.497 e. The molecule has 0 aliphatic carbocycles. The molecule has 0 fully saturated rings. The van der Waals surface area contributed by atoms with Gasteiger partial charge in [0, 0.05) is 18.0 Å². The first kappa shape index (κ1) is 20.9. The van der Waals surface area contributed by atoms with Crippen LogP contribution >= 0.6 is 0 Å². The maximum absolute atomic E-state index is 12.9. The monoisotopic (exact) mass is 442 g/mol. The van der Waals surface area contributed by atoms with Gasteiger partial charge in [-0.25, -0.2) is 4.68 Å². The average molecular weight is 443 g/mol. The van der Waals surface area contributed by atoms with E-state index >= 15 is 0 Å². The lowest BCUT2D eigenvalue weighted by atomic mass is 10.1. The van der Waals surface area contributed by atoms with E-state index in [9.17, 15) is 4.79 Å². The molecule has 1 amide bonds. The number of aromatic nitrogens is 3. The van der Waals surface area contributed by atoms with Crippen LogP contribution in [0.25, 0.3) is 11.5 Å². The Morgan fingerprint density at radius 3 is 2.39 bits per heavy atom. The lowest BCUT2D eigenvalue weighted by molar-refractivity contribution is -0.134. The van der Waals surface area contributed by atoms with Crippen molar-refractivity contribution < 1.29 is 14.3 Å². The summed E-state index contributed by atoms with van der Waals surface area (Å²) in [6, 6.07) is 17.5. The first-order valence-electron chi connectivity index (χ1n) is 10.9. The Hall–Kier alpha value is -4.00. The van der Waals surface area contributed by atoms with E-state index in [1.807, 2.05) is 41.3 Å². The van der Waals surface area contributed by atoms with Crippen LogP contribution in [0.3, 0.4) is 0 Å². The highest BCUT2D eigenvalue weighted by Crippen LogP contribution is 2.31. The topological polar surface area (TPSA) is 61.5 Å². The summed E-state index contributed by atoms with van der Waals surface area (Å²) in [6.07, 6.45) is 4.01. The van der Waals surface area contributed by atoms with E-state index in [0.717, 1.165) is 28.5 Å². The van der Waals surface area contributed by atoms with Crippen LogP contribution in [0, 0.1) is 13.8 Å². The number of methoxy groups -OCH3 is 1. The standard InChI is InChI=1S/C26H26N4O3/c1-18-6-7-20(14-19(18)2)30-26(28-12-4-5-13-28)23-15-29(16-24(23)27-30)25(31)17-33-22-10-8-21(32-3)9-11-22/h4-14H,15-17H2,1-3H3. The summed E-state index contributed by atoms with van der Waals surface area (Å²) in [7, 11) is 1.62. The van der Waals surface area contributed by atoms with Crippen molar-refractivity contribution in [2.24, 2.45) is 0 Å². The number of amides is 1. The van der Waals surface area contributed by atoms with Crippen molar-refractivity contribution in [1.29, 1.82) is 0 Å². The number of hydrogen-bond acceptors (Lipinski definition) is 4. The van der Waals surface area contributed by atoms with Crippen LogP contribution < -0.4 is 9.47 Å². The number of carbonyl (C=O) groups is 1. The zero-order valence-electron chi connectivity index (χ0n) is 19.0. The van der Waals surface area contributed by atoms with Gasteiger partial charge in [0.1, 0.15) is 17.3 Å². The SMILES string of the molecule is COc1ccc(OCC(=O)N2Cc3nn(-c4ccc(C)c(C)c4)c(-n4cccc4)c3C2)cc1. The zero-order chi connectivity index (χ0) is 22.9. The second-order valence-electron chi connectivity index (χ2n) is 8.23. The zero-order valence-corrected chi connectivity index (χ0v) is 19.0. The van der Waals surface area contributed by atoms with E-state index in [0.29, 0.717) is 18.8 Å². The first-order chi connectivity index (χ1) is 16.0. The Kier molecular flexibility index (Phi) is 5.38. The molecule has 1 aliphatic heterocycles. The van der Waals surface area contributed by atoms with Crippen molar-refractivity contribution in [1.82, 2.24) is 19.2 Å². The Bertz CT molecular complexity index is 1290. The summed E-state index contributed by atoms with van der Waals surface area (Å²) in [5.74, 6) is 2.27. The predicted octanol–water partition coefficient (Wildman–Crippen LogP) is 4.21. The third kappa shape index (κ3) is 3.98. The lowest BCUT2D eigenvalue weighted by Gasteiger charge is -2.18. The Morgan fingerprint density at radius 1 is 0.970 bits per heavy atom. The molecule has 0 bridgehead atoms. The summed E-state index contributed by atoms with van der Waals surface area (Å²) in [5, 5.41) is 4.90. The van der Waals surface area contributed by atoms with E-state index in [-0.39, 0.29) is 12.5 Å². The summed E-state index contributed by atoms with van der Waals surface area (Å²) in [4.78, 5) is 14.7. The summed E-state index contributed by atoms with van der Waals surface area (Å²) < 4.78 is 14.9. The molecular weight excluding hydrogens is 416 g/mol. The van der Waals surface area contributed by atoms with Gasteiger partial charge in [-0.1, -0.05) is 6.07 Å². The minimum atomic E-state index is -0.0694. The molecule has 168 valence electrons. The van der Waals surface area contributed by atoms with Crippen molar-refractivity contribution in [3.63, 3.8) is 0 Å². The number of fused-ring (bicyclic) bond motifs is 1. The maximum atomic E-state index is 12.9. The van der Waals surface area contributed by atoms with E-state index in [2.05, 4.69) is 36.6 Å². The molecule has 0 N–H and O–H groups in total. The molecule has 7 nitrogen and oxygen atoms in total. The number of rotatable bonds is 6. The van der Waals surface area contributed by atoms with Gasteiger partial charge in [-0.05, 0) is 73.5 Å². The van der Waals surface area contributed by atoms with E-state index < -0.39 is 0 Å². The van der Waals surface area contributed by atoms with Crippen molar-refractivity contribution >= 4 is 5.91 Å². The summed E-state index contributed by atoms with van der Waals surface area (Å²) in [5.41, 5.74) is 5.44. The summed E-state index contributed by atoms with van der Waals surface area (Å²) in [6.45, 7) is 5.15. The Morgan fingerprint density at radius 2 is 1.70 bits per heavy atom. The number of nitrogens with zero attached hydrogens (tertiary/aromatic N) is 4. The van der Waals surface area contributed by atoms with Gasteiger partial charge in [-0.3, -0.25) is 4.79 Å². The number of carbonyl (C=O) groups excluding carboxylic acids is 1. The van der Waals surface area contributed by atoms with Crippen LogP contribution in [0.15, 0.2) is 67.0 Å². The largest absolute Gasteiger partial charge is 0.497 e. The fourth-order valence-corrected chi connectivity index (χ4v) is 4.06. The van der Waals surface area contributed by atoms with Crippen LogP contribution in [-0.2, 0) is 17.9 Å². The van der Waals surface area contributed by atoms with Crippen LogP contribution in [0.2, 0.25) is 0 Å². The Labute approximate surface area is 192 Å². The van der Waals surface area contributed by atoms with Gasteiger partial charge in [0.15, 0.2) is 6.61 Å². The van der Waals surface area contributed by atoms with Crippen LogP contribution in [-0.4, -0.2) is 38.9 Å². The molecule has 2 aromatic heterocycles. The highest BCUT2D eigenvalue weighted by molar-refractivity contribution is 5.78. The van der Waals surface area contributed by atoms with Gasteiger partial charge in [0.2, 0.25) is 0 Å². The van der Waals surface area contributed by atoms with Gasteiger partial charge < -0.3 is 18.9 Å². The molecule has 4 aromatic rings. The fourth-order valence-electron chi connectivity index (χ4n) is 4.06. The van der Waals surface area contributed by atoms with Crippen molar-refractivity contribution in [3.05, 3.63) is 89.4 Å². The van der Waals surface area contributed by atoms with Crippen molar-refractivity contribution in [2.75, 3.05) is 13.7 Å². The normalized spacial score (nSPS) is 12.6. The Balaban J connectivity index is 1.37. The van der Waals surface area contributed by atoms with Crippen LogP contribution in [0.1, 0.15) is 22.4 Å². The average Bonchev–Trinajstić information content (AvgIpc) is 3.56. The van der Waals surface area contributed by atoms with Crippen LogP contribution in [0.5, 0.6) is 11.5 Å². The van der Waals surface area contributed by atoms with Crippen LogP contribution in [0.4, 0.5) is 0 Å². The number of benzene rings is 2. The quantitative estimate of drug-likeness (QED) is 0.449. The van der Waals surface area contributed by atoms with Gasteiger partial charge in [-0.15, -0.1) is 0 Å². The predicted molar refractivity (Wildman–Crippen MR) is 125 cm³/mol. The maximum Gasteiger partial charge on any atom is 0.261 e. The van der Waals surface area contributed by atoms with Crippen molar-refractivity contribution in [2.45, 2.75) is 26.9 Å². The second-order valence-corrected chi connectivity index (χ2v) is 8.23. The minimum absolute atomic E-state index is 0.0212. The highest BCUT2D eigenvalue weighted by Gasteiger charge is 2.31. The molecule has 0 unspecified atom stereocenters. The van der Waals surface area contributed by atoms with Gasteiger partial charge in [-0.2, -0.15) is 5.10 Å². The second kappa shape index (κ2) is 8.50. The summed E-state index contributed by atoms with van der Waals surface area (Å²) >= 11 is 0. The van der Waals surface area contributed by atoms with Crippen molar-refractivity contribution in [3.8, 4) is 23.0 Å². The molecule has 5 rings (SSSR count). The highest BCUT2D eigenvalue weighted by atomic mass is 16.5. The fraction of sp³-hybridized carbons (Fsp3) is 0.231. The van der Waals surface area contributed by atoms with Gasteiger partial charge in [0.05, 0.1) is 31.6 Å². The molecule has 3 heterocycles. The third-order valence-electron chi connectivity index (χ3n) is 6.09. The van der Waals surface area contributed by atoms with E-state index in [4.69, 9.17) is 14.6 Å². The van der Waals surface area contributed by atoms with E-state index in [1.165, 1.54) is 11.1 Å². The molecule has 0 saturated carbocycles. The number of ether oxygens (including phenoxy) is 2. The van der Waals surface area contributed by atoms with Gasteiger partial charge >= 0.3 is 0 Å². The van der Waals surface area contributed by atoms with E-state index in [1.54, 1.807) is 24.1 Å². The molecule has 7 heteroatoms. The molecule has 0 atom stereocenters. The molecule has 1 aliphatic rings. The lowest BCUT2D eigenvalue weighted by Crippen LogP contribution is -2.31. The molecule has 33 heavy (non-hydrogen) atoms. The molecule has 0 spiro atoms. The molecular formula is C26H26N4O3. The molecule has 0 saturated heterocycles. The first-order valence-corrected chi connectivity index (χ1v) is 10.9. The smallest absolute Gasteiger partial charge is 0.261 e. The molecule has 0 radical (unpaired) electrons. The molecule has 2 aromatic carbocycles. The number of aryl methyl sites for hydroxylation is 2. The van der Waals surface area contributed by atoms with Gasteiger partial charge in [0.25, 0.3) is 5.91 Å².